The molecule has 0 radical (unpaired) electrons. The van der Waals surface area contributed by atoms with Crippen molar-refractivity contribution in [1.82, 2.24) is 4.33 Å². The van der Waals surface area contributed by atoms with E-state index < -0.39 is 0 Å². The molecular weight excluding hydrogens is 207 g/mol. The Bertz CT molecular complexity index is 109. The van der Waals surface area contributed by atoms with Crippen LogP contribution in [0.5, 0.6) is 0 Å². The number of unbranched alkanes of at least 4 members (excludes halogenated alkanes) is 3. The Labute approximate surface area is 74.5 Å². The van der Waals surface area contributed by atoms with E-state index in [9.17, 15) is 4.79 Å². The van der Waals surface area contributed by atoms with Gasteiger partial charge < -0.3 is 0 Å². The third-order valence-electron chi connectivity index (χ3n) is 1.27. The molecule has 0 aromatic rings. The van der Waals surface area contributed by atoms with Crippen LogP contribution in [0.2, 0.25) is 5.32 Å². The Morgan fingerprint density at radius 2 is 2.18 bits per heavy atom. The minimum absolute atomic E-state index is 0.222. The zero-order valence-electron chi connectivity index (χ0n) is 6.93. The van der Waals surface area contributed by atoms with Gasteiger partial charge in [-0.2, -0.15) is 0 Å². The second-order valence-corrected chi connectivity index (χ2v) is 4.27. The van der Waals surface area contributed by atoms with Gasteiger partial charge in [-0.05, 0) is 0 Å². The van der Waals surface area contributed by atoms with E-state index in [-0.39, 0.29) is 21.2 Å². The van der Waals surface area contributed by atoms with E-state index in [0.29, 0.717) is 0 Å². The van der Waals surface area contributed by atoms with Gasteiger partial charge in [0.25, 0.3) is 0 Å². The van der Waals surface area contributed by atoms with Gasteiger partial charge in [0, 0.05) is 0 Å². The fraction of sp³-hybridized carbons (Fsp3) is 0.857. The van der Waals surface area contributed by atoms with Gasteiger partial charge in [-0.1, -0.05) is 0 Å². The van der Waals surface area contributed by atoms with Crippen molar-refractivity contribution in [2.24, 2.45) is 5.73 Å². The number of hydrogen-bond acceptors (Lipinski definition) is 1. The number of urea groups is 1. The summed E-state index contributed by atoms with van der Waals surface area (Å²) in [5.74, 6) is 0. The summed E-state index contributed by atoms with van der Waals surface area (Å²) in [7, 11) is 0. The van der Waals surface area contributed by atoms with Crippen LogP contribution in [0.1, 0.15) is 32.6 Å². The first kappa shape index (κ1) is 10.8. The molecule has 0 aliphatic rings. The summed E-state index contributed by atoms with van der Waals surface area (Å²) in [6, 6.07) is -0.388. The van der Waals surface area contributed by atoms with E-state index >= 15 is 0 Å². The molecule has 0 rings (SSSR count). The maximum absolute atomic E-state index is 10.2. The SMILES string of the molecule is CCCCCC[Se]NC(N)=O. The van der Waals surface area contributed by atoms with E-state index in [1.165, 1.54) is 25.7 Å². The third kappa shape index (κ3) is 9.79. The third-order valence-corrected chi connectivity index (χ3v) is 3.03. The summed E-state index contributed by atoms with van der Waals surface area (Å²) in [4.78, 5) is 10.2. The molecule has 0 aromatic carbocycles. The van der Waals surface area contributed by atoms with Gasteiger partial charge in [0.1, 0.15) is 0 Å². The van der Waals surface area contributed by atoms with Crippen LogP contribution in [0.15, 0.2) is 0 Å². The average Bonchev–Trinajstić information content (AvgIpc) is 1.96. The number of carbonyl (C=O) groups is 1. The zero-order valence-corrected chi connectivity index (χ0v) is 8.64. The summed E-state index contributed by atoms with van der Waals surface area (Å²) in [6.45, 7) is 2.19. The zero-order chi connectivity index (χ0) is 8.53. The normalized spacial score (nSPS) is 9.55. The first-order valence-electron chi connectivity index (χ1n) is 3.94. The van der Waals surface area contributed by atoms with Gasteiger partial charge >= 0.3 is 74.0 Å². The van der Waals surface area contributed by atoms with Crippen LogP contribution in [0, 0.1) is 0 Å². The van der Waals surface area contributed by atoms with Crippen molar-refractivity contribution in [2.45, 2.75) is 37.9 Å². The van der Waals surface area contributed by atoms with E-state index in [0.717, 1.165) is 5.32 Å². The van der Waals surface area contributed by atoms with Gasteiger partial charge in [-0.3, -0.25) is 0 Å². The Hall–Kier alpha value is -0.211. The van der Waals surface area contributed by atoms with E-state index in [2.05, 4.69) is 11.3 Å². The van der Waals surface area contributed by atoms with Crippen LogP contribution in [0.25, 0.3) is 0 Å². The van der Waals surface area contributed by atoms with Crippen LogP contribution < -0.4 is 10.1 Å². The number of nitrogens with one attached hydrogen (secondary N) is 1. The van der Waals surface area contributed by atoms with Crippen LogP contribution in [0.4, 0.5) is 4.79 Å². The summed E-state index contributed by atoms with van der Waals surface area (Å²) in [6.07, 6.45) is 5.05. The van der Waals surface area contributed by atoms with Crippen LogP contribution >= 0.6 is 0 Å². The van der Waals surface area contributed by atoms with Crippen molar-refractivity contribution < 1.29 is 4.79 Å². The Balaban J connectivity index is 2.85. The van der Waals surface area contributed by atoms with Crippen molar-refractivity contribution >= 4 is 21.2 Å². The van der Waals surface area contributed by atoms with Gasteiger partial charge in [0.05, 0.1) is 0 Å². The number of carbonyl (C=O) groups excluding carboxylic acids is 1. The quantitative estimate of drug-likeness (QED) is 0.517. The molecule has 4 heteroatoms. The molecule has 0 aliphatic heterocycles. The molecule has 0 aromatic heterocycles. The Morgan fingerprint density at radius 1 is 1.45 bits per heavy atom. The van der Waals surface area contributed by atoms with Crippen LogP contribution in [-0.4, -0.2) is 21.2 Å². The molecule has 11 heavy (non-hydrogen) atoms. The molecule has 0 saturated heterocycles. The van der Waals surface area contributed by atoms with Crippen molar-refractivity contribution in [3.8, 4) is 0 Å². The molecule has 66 valence electrons. The molecule has 0 aliphatic carbocycles. The molecule has 0 spiro atoms. The standard InChI is InChI=1S/C7H16N2OSe/c1-2-3-4-5-6-11-9-7(8)10/h2-6H2,1H3,(H3,8,9,10). The van der Waals surface area contributed by atoms with E-state index in [1.807, 2.05) is 0 Å². The summed E-state index contributed by atoms with van der Waals surface area (Å²) < 4.78 is 2.62. The van der Waals surface area contributed by atoms with Crippen molar-refractivity contribution in [1.29, 1.82) is 0 Å². The Kier molecular flexibility index (Phi) is 7.74. The van der Waals surface area contributed by atoms with Gasteiger partial charge in [0.15, 0.2) is 0 Å². The fourth-order valence-corrected chi connectivity index (χ4v) is 1.97. The van der Waals surface area contributed by atoms with Gasteiger partial charge in [-0.25, -0.2) is 0 Å². The van der Waals surface area contributed by atoms with Crippen LogP contribution in [-0.2, 0) is 0 Å². The number of primary amides is 1. The minimum atomic E-state index is -0.388. The summed E-state index contributed by atoms with van der Waals surface area (Å²) in [5.41, 5.74) is 4.90. The predicted octanol–water partition coefficient (Wildman–Crippen LogP) is 1.27. The van der Waals surface area contributed by atoms with Gasteiger partial charge in [-0.15, -0.1) is 0 Å². The first-order chi connectivity index (χ1) is 5.27. The van der Waals surface area contributed by atoms with Crippen LogP contribution in [0.3, 0.4) is 0 Å². The van der Waals surface area contributed by atoms with Crippen molar-refractivity contribution in [3.05, 3.63) is 0 Å². The second-order valence-electron chi connectivity index (χ2n) is 2.38. The monoisotopic (exact) mass is 224 g/mol. The molecule has 0 bridgehead atoms. The number of nitrogens with two attached hydrogens (primary N) is 1. The molecule has 0 unspecified atom stereocenters. The van der Waals surface area contributed by atoms with Crippen molar-refractivity contribution in [3.63, 3.8) is 0 Å². The average molecular weight is 223 g/mol. The molecule has 3 N–H and O–H groups in total. The molecule has 2 amide bonds. The molecular formula is C7H16N2OSe. The molecule has 0 saturated carbocycles. The summed E-state index contributed by atoms with van der Waals surface area (Å²) in [5, 5.41) is 1.11. The number of rotatable bonds is 6. The van der Waals surface area contributed by atoms with E-state index in [1.54, 1.807) is 0 Å². The Morgan fingerprint density at radius 3 is 2.73 bits per heavy atom. The van der Waals surface area contributed by atoms with E-state index in [4.69, 9.17) is 5.73 Å². The predicted molar refractivity (Wildman–Crippen MR) is 47.4 cm³/mol. The molecule has 0 atom stereocenters. The number of hydrogen-bond donors (Lipinski definition) is 2. The van der Waals surface area contributed by atoms with Crippen molar-refractivity contribution in [2.75, 3.05) is 0 Å². The fourth-order valence-electron chi connectivity index (χ4n) is 0.723. The van der Waals surface area contributed by atoms with Gasteiger partial charge in [0.2, 0.25) is 0 Å². The molecule has 0 heterocycles. The number of amides is 2. The molecule has 3 nitrogen and oxygen atoms in total. The molecule has 0 fully saturated rings. The first-order valence-corrected chi connectivity index (χ1v) is 6.01. The summed E-state index contributed by atoms with van der Waals surface area (Å²) >= 11 is 0.222. The topological polar surface area (TPSA) is 55.1 Å². The second kappa shape index (κ2) is 7.89. The maximum atomic E-state index is 10.2.